The fourth-order valence-electron chi connectivity index (χ4n) is 0.243. The predicted octanol–water partition coefficient (Wildman–Crippen LogP) is 1.48. The van der Waals surface area contributed by atoms with Crippen molar-refractivity contribution in [2.45, 2.75) is 19.3 Å². The summed E-state index contributed by atoms with van der Waals surface area (Å²) in [4.78, 5) is 9.32. The van der Waals surface area contributed by atoms with E-state index >= 15 is 0 Å². The number of hydrogen-bond donors (Lipinski definition) is 0. The summed E-state index contributed by atoms with van der Waals surface area (Å²) in [5.74, 6) is -0.0910. The van der Waals surface area contributed by atoms with Crippen LogP contribution in [0.25, 0.3) is 0 Å². The largest absolute Gasteiger partial charge is 0.288 e. The van der Waals surface area contributed by atoms with Crippen molar-refractivity contribution in [3.05, 3.63) is 10.1 Å². The minimum absolute atomic E-state index is 0.0910. The zero-order chi connectivity index (χ0) is 6.73. The summed E-state index contributed by atoms with van der Waals surface area (Å²) in [6.45, 7) is 3.42. The molecule has 4 heteroatoms. The average Bonchev–Trinajstić information content (AvgIpc) is 1.64. The van der Waals surface area contributed by atoms with Crippen molar-refractivity contribution in [2.75, 3.05) is 0 Å². The molecule has 0 aromatic rings. The van der Waals surface area contributed by atoms with E-state index in [-0.39, 0.29) is 5.92 Å². The van der Waals surface area contributed by atoms with Crippen LogP contribution in [0.2, 0.25) is 0 Å². The quantitative estimate of drug-likeness (QED) is 0.250. The first-order chi connectivity index (χ1) is 3.55. The molecule has 0 radical (unpaired) electrons. The molecule has 0 rings (SSSR count). The molecule has 0 spiro atoms. The Morgan fingerprint density at radius 2 is 2.00 bits per heavy atom. The molecule has 0 saturated heterocycles. The highest BCUT2D eigenvalue weighted by Crippen LogP contribution is 2.08. The lowest BCUT2D eigenvalue weighted by Gasteiger charge is -2.02. The molecule has 0 aliphatic carbocycles. The Balaban J connectivity index is 3.64. The zero-order valence-corrected chi connectivity index (χ0v) is 5.55. The van der Waals surface area contributed by atoms with Crippen LogP contribution in [0, 0.1) is 16.0 Å². The highest BCUT2D eigenvalue weighted by molar-refractivity contribution is 6.19. The van der Waals surface area contributed by atoms with E-state index in [1.807, 2.05) is 0 Å². The van der Waals surface area contributed by atoms with E-state index in [9.17, 15) is 10.1 Å². The summed E-state index contributed by atoms with van der Waals surface area (Å²) in [7, 11) is 0. The van der Waals surface area contributed by atoms with Crippen LogP contribution in [0.3, 0.4) is 0 Å². The van der Waals surface area contributed by atoms with Crippen molar-refractivity contribution in [1.82, 2.24) is 0 Å². The van der Waals surface area contributed by atoms with E-state index in [0.717, 1.165) is 0 Å². The third-order valence-corrected chi connectivity index (χ3v) is 1.41. The molecule has 8 heavy (non-hydrogen) atoms. The maximum Gasteiger partial charge on any atom is 0.288 e. The van der Waals surface area contributed by atoms with Gasteiger partial charge in [0.15, 0.2) is 0 Å². The highest BCUT2D eigenvalue weighted by Gasteiger charge is 2.19. The van der Waals surface area contributed by atoms with Crippen molar-refractivity contribution in [3.63, 3.8) is 0 Å². The average molecular weight is 138 g/mol. The normalized spacial score (nSPS) is 14.0. The second-order valence-electron chi connectivity index (χ2n) is 1.90. The lowest BCUT2D eigenvalue weighted by Crippen LogP contribution is -2.18. The molecule has 0 bridgehead atoms. The van der Waals surface area contributed by atoms with Crippen LogP contribution >= 0.6 is 11.6 Å². The molecule has 0 amide bonds. The van der Waals surface area contributed by atoms with Crippen LogP contribution in [-0.4, -0.2) is 10.4 Å². The van der Waals surface area contributed by atoms with Crippen LogP contribution in [0.1, 0.15) is 13.8 Å². The van der Waals surface area contributed by atoms with Crippen LogP contribution in [0.4, 0.5) is 0 Å². The number of nitrogens with zero attached hydrogens (tertiary/aromatic N) is 1. The van der Waals surface area contributed by atoms with Crippen molar-refractivity contribution in [3.8, 4) is 0 Å². The summed E-state index contributed by atoms with van der Waals surface area (Å²) in [5.41, 5.74) is -0.935. The van der Waals surface area contributed by atoms with Gasteiger partial charge in [0.1, 0.15) is 0 Å². The summed E-state index contributed by atoms with van der Waals surface area (Å²) in [6, 6.07) is 0. The highest BCUT2D eigenvalue weighted by atomic mass is 35.5. The number of rotatable bonds is 2. The topological polar surface area (TPSA) is 43.1 Å². The molecule has 0 aromatic heterocycles. The molecule has 3 nitrogen and oxygen atoms in total. The molecule has 0 N–H and O–H groups in total. The van der Waals surface area contributed by atoms with E-state index in [1.165, 1.54) is 0 Å². The Hall–Kier alpha value is -0.310. The van der Waals surface area contributed by atoms with E-state index in [2.05, 4.69) is 0 Å². The molecule has 0 aliphatic heterocycles. The van der Waals surface area contributed by atoms with Gasteiger partial charge in [-0.05, 0) is 11.6 Å². The van der Waals surface area contributed by atoms with Crippen LogP contribution in [0.15, 0.2) is 0 Å². The lowest BCUT2D eigenvalue weighted by atomic mass is 10.2. The first-order valence-electron chi connectivity index (χ1n) is 2.33. The van der Waals surface area contributed by atoms with Gasteiger partial charge in [-0.1, -0.05) is 13.8 Å². The van der Waals surface area contributed by atoms with Gasteiger partial charge < -0.3 is 0 Å². The third kappa shape index (κ3) is 2.12. The fourth-order valence-corrected chi connectivity index (χ4v) is 0.243. The molecule has 0 fully saturated rings. The second kappa shape index (κ2) is 2.87. The maximum absolute atomic E-state index is 9.81. The second-order valence-corrected chi connectivity index (χ2v) is 2.35. The standard InChI is InChI=1S/C4H8ClNO2/c1-3(2)4(5)6(7)8/h3-4H,1-2H3. The zero-order valence-electron chi connectivity index (χ0n) is 4.80. The van der Waals surface area contributed by atoms with E-state index < -0.39 is 10.4 Å². The molecule has 1 atom stereocenters. The van der Waals surface area contributed by atoms with Crippen molar-refractivity contribution in [1.29, 1.82) is 0 Å². The van der Waals surface area contributed by atoms with Crippen LogP contribution in [0.5, 0.6) is 0 Å². The van der Waals surface area contributed by atoms with Gasteiger partial charge in [0.2, 0.25) is 0 Å². The van der Waals surface area contributed by atoms with Gasteiger partial charge in [0, 0.05) is 10.8 Å². The molecule has 0 aromatic carbocycles. The van der Waals surface area contributed by atoms with Crippen molar-refractivity contribution in [2.24, 2.45) is 5.92 Å². The monoisotopic (exact) mass is 137 g/mol. The Morgan fingerprint density at radius 3 is 2.00 bits per heavy atom. The molecule has 1 unspecified atom stereocenters. The lowest BCUT2D eigenvalue weighted by molar-refractivity contribution is -0.505. The SMILES string of the molecule is CC(C)C(Cl)[N+](=O)[O-]. The minimum atomic E-state index is -0.935. The summed E-state index contributed by atoms with van der Waals surface area (Å²) in [6.07, 6.45) is 0. The number of nitro groups is 1. The molecule has 0 aliphatic rings. The first-order valence-corrected chi connectivity index (χ1v) is 2.77. The first kappa shape index (κ1) is 7.69. The Bertz CT molecular complexity index is 94.0. The van der Waals surface area contributed by atoms with Gasteiger partial charge in [-0.2, -0.15) is 0 Å². The van der Waals surface area contributed by atoms with E-state index in [1.54, 1.807) is 13.8 Å². The van der Waals surface area contributed by atoms with Crippen molar-refractivity contribution >= 4 is 11.6 Å². The molecular weight excluding hydrogens is 130 g/mol. The van der Waals surface area contributed by atoms with Gasteiger partial charge in [0.05, 0.1) is 0 Å². The van der Waals surface area contributed by atoms with Gasteiger partial charge in [-0.15, -0.1) is 0 Å². The molecule has 0 saturated carbocycles. The Labute approximate surface area is 52.8 Å². The van der Waals surface area contributed by atoms with Gasteiger partial charge in [-0.3, -0.25) is 10.1 Å². The number of halogens is 1. The van der Waals surface area contributed by atoms with E-state index in [0.29, 0.717) is 0 Å². The Kier molecular flexibility index (Phi) is 2.76. The van der Waals surface area contributed by atoms with Crippen molar-refractivity contribution < 1.29 is 4.92 Å². The van der Waals surface area contributed by atoms with Gasteiger partial charge in [0.25, 0.3) is 5.50 Å². The Morgan fingerprint density at radius 1 is 1.62 bits per heavy atom. The van der Waals surface area contributed by atoms with Crippen LogP contribution in [-0.2, 0) is 0 Å². The fraction of sp³-hybridized carbons (Fsp3) is 1.00. The molecule has 0 heterocycles. The molecular formula is C4H8ClNO2. The van der Waals surface area contributed by atoms with Gasteiger partial charge >= 0.3 is 0 Å². The van der Waals surface area contributed by atoms with Gasteiger partial charge in [-0.25, -0.2) is 0 Å². The summed E-state index contributed by atoms with van der Waals surface area (Å²) < 4.78 is 0. The summed E-state index contributed by atoms with van der Waals surface area (Å²) in [5, 5.41) is 9.81. The number of hydrogen-bond acceptors (Lipinski definition) is 2. The smallest absolute Gasteiger partial charge is 0.263 e. The van der Waals surface area contributed by atoms with Crippen LogP contribution < -0.4 is 0 Å². The summed E-state index contributed by atoms with van der Waals surface area (Å²) >= 11 is 5.25. The third-order valence-electron chi connectivity index (χ3n) is 0.752. The number of alkyl halides is 1. The minimum Gasteiger partial charge on any atom is -0.263 e. The maximum atomic E-state index is 9.81. The predicted molar refractivity (Wildman–Crippen MR) is 31.5 cm³/mol. The van der Waals surface area contributed by atoms with E-state index in [4.69, 9.17) is 11.6 Å². The molecule has 48 valence electrons.